The fourth-order valence-electron chi connectivity index (χ4n) is 1.78. The summed E-state index contributed by atoms with van der Waals surface area (Å²) >= 11 is 0. The van der Waals surface area contributed by atoms with Crippen LogP contribution in [-0.4, -0.2) is 42.1 Å². The summed E-state index contributed by atoms with van der Waals surface area (Å²) in [5.74, 6) is 0.914. The van der Waals surface area contributed by atoms with Crippen LogP contribution in [0.1, 0.15) is 32.8 Å². The van der Waals surface area contributed by atoms with Gasteiger partial charge in [0.1, 0.15) is 11.6 Å². The van der Waals surface area contributed by atoms with E-state index in [1.54, 1.807) is 13.3 Å². The molecule has 1 unspecified atom stereocenters. The lowest BCUT2D eigenvalue weighted by Crippen LogP contribution is -2.48. The van der Waals surface area contributed by atoms with Gasteiger partial charge in [0, 0.05) is 38.7 Å². The smallest absolute Gasteiger partial charge is 0.138 e. The Labute approximate surface area is 110 Å². The van der Waals surface area contributed by atoms with Crippen molar-refractivity contribution in [3.63, 3.8) is 0 Å². The van der Waals surface area contributed by atoms with Crippen LogP contribution in [0, 0.1) is 0 Å². The number of methoxy groups -OCH3 is 1. The zero-order valence-corrected chi connectivity index (χ0v) is 12.0. The van der Waals surface area contributed by atoms with Crippen LogP contribution in [0.25, 0.3) is 0 Å². The fourth-order valence-corrected chi connectivity index (χ4v) is 1.78. The third kappa shape index (κ3) is 3.07. The van der Waals surface area contributed by atoms with Gasteiger partial charge in [-0.15, -0.1) is 0 Å². The van der Waals surface area contributed by atoms with E-state index < -0.39 is 0 Å². The Morgan fingerprint density at radius 3 is 2.67 bits per heavy atom. The van der Waals surface area contributed by atoms with E-state index in [2.05, 4.69) is 28.7 Å². The molecule has 1 aromatic rings. The molecule has 0 aromatic carbocycles. The third-order valence-electron chi connectivity index (χ3n) is 3.35. The summed E-state index contributed by atoms with van der Waals surface area (Å²) in [4.78, 5) is 10.8. The molecule has 0 N–H and O–H groups in total. The van der Waals surface area contributed by atoms with Crippen LogP contribution in [0.5, 0.6) is 0 Å². The van der Waals surface area contributed by atoms with Gasteiger partial charge in [-0.05, 0) is 32.4 Å². The fraction of sp³-hybridized carbons (Fsp3) is 0.571. The van der Waals surface area contributed by atoms with Crippen LogP contribution < -0.4 is 0 Å². The minimum atomic E-state index is -0.357. The van der Waals surface area contributed by atoms with Gasteiger partial charge in [0.25, 0.3) is 0 Å². The first-order chi connectivity index (χ1) is 8.59. The monoisotopic (exact) mass is 249 g/mol. The van der Waals surface area contributed by atoms with Crippen molar-refractivity contribution < 1.29 is 4.74 Å². The SMILES string of the molecule is CCN=C(c1cccnc1)N(C)C(C)(CC)OC. The number of aromatic nitrogens is 1. The van der Waals surface area contributed by atoms with Gasteiger partial charge in [-0.25, -0.2) is 0 Å². The summed E-state index contributed by atoms with van der Waals surface area (Å²) in [7, 11) is 3.74. The minimum absolute atomic E-state index is 0.357. The van der Waals surface area contributed by atoms with E-state index in [9.17, 15) is 0 Å². The highest BCUT2D eigenvalue weighted by Crippen LogP contribution is 2.21. The Bertz CT molecular complexity index is 385. The summed E-state index contributed by atoms with van der Waals surface area (Å²) in [5, 5.41) is 0. The number of nitrogens with zero attached hydrogens (tertiary/aromatic N) is 3. The van der Waals surface area contributed by atoms with E-state index in [0.29, 0.717) is 0 Å². The molecule has 0 saturated heterocycles. The van der Waals surface area contributed by atoms with Crippen molar-refractivity contribution in [2.24, 2.45) is 4.99 Å². The maximum absolute atomic E-state index is 5.62. The van der Waals surface area contributed by atoms with Gasteiger partial charge < -0.3 is 9.64 Å². The molecule has 0 aliphatic heterocycles. The molecule has 0 radical (unpaired) electrons. The Morgan fingerprint density at radius 1 is 1.50 bits per heavy atom. The van der Waals surface area contributed by atoms with Crippen molar-refractivity contribution in [3.05, 3.63) is 30.1 Å². The number of amidine groups is 1. The minimum Gasteiger partial charge on any atom is -0.359 e. The molecule has 100 valence electrons. The Morgan fingerprint density at radius 2 is 2.22 bits per heavy atom. The van der Waals surface area contributed by atoms with E-state index in [1.165, 1.54) is 0 Å². The van der Waals surface area contributed by atoms with E-state index in [-0.39, 0.29) is 5.72 Å². The number of aliphatic imine (C=N–C) groups is 1. The Balaban J connectivity index is 3.11. The van der Waals surface area contributed by atoms with Gasteiger partial charge in [-0.3, -0.25) is 9.98 Å². The molecule has 4 heteroatoms. The second kappa shape index (κ2) is 6.50. The summed E-state index contributed by atoms with van der Waals surface area (Å²) in [6.07, 6.45) is 4.47. The van der Waals surface area contributed by atoms with Crippen LogP contribution in [0.3, 0.4) is 0 Å². The lowest BCUT2D eigenvalue weighted by Gasteiger charge is -2.39. The van der Waals surface area contributed by atoms with E-state index in [0.717, 1.165) is 24.4 Å². The van der Waals surface area contributed by atoms with Crippen LogP contribution in [0.4, 0.5) is 0 Å². The lowest BCUT2D eigenvalue weighted by atomic mass is 10.1. The molecule has 0 saturated carbocycles. The highest BCUT2D eigenvalue weighted by atomic mass is 16.5. The summed E-state index contributed by atoms with van der Waals surface area (Å²) < 4.78 is 5.62. The van der Waals surface area contributed by atoms with Crippen molar-refractivity contribution in [2.45, 2.75) is 32.9 Å². The molecule has 18 heavy (non-hydrogen) atoms. The van der Waals surface area contributed by atoms with Crippen molar-refractivity contribution in [2.75, 3.05) is 20.7 Å². The first-order valence-corrected chi connectivity index (χ1v) is 6.32. The number of hydrogen-bond donors (Lipinski definition) is 0. The molecule has 0 aliphatic carbocycles. The van der Waals surface area contributed by atoms with Crippen molar-refractivity contribution >= 4 is 5.84 Å². The number of rotatable bonds is 5. The Hall–Kier alpha value is -1.42. The van der Waals surface area contributed by atoms with Crippen LogP contribution in [-0.2, 0) is 4.74 Å². The molecule has 0 bridgehead atoms. The van der Waals surface area contributed by atoms with Gasteiger partial charge in [-0.1, -0.05) is 6.92 Å². The van der Waals surface area contributed by atoms with Crippen LogP contribution in [0.2, 0.25) is 0 Å². The first kappa shape index (κ1) is 14.6. The van der Waals surface area contributed by atoms with Crippen LogP contribution >= 0.6 is 0 Å². The molecule has 1 heterocycles. The summed E-state index contributed by atoms with van der Waals surface area (Å²) in [5.41, 5.74) is 0.655. The van der Waals surface area contributed by atoms with Gasteiger partial charge in [0.15, 0.2) is 0 Å². The van der Waals surface area contributed by atoms with Crippen LogP contribution in [0.15, 0.2) is 29.5 Å². The summed E-state index contributed by atoms with van der Waals surface area (Å²) in [6.45, 7) is 6.93. The van der Waals surface area contributed by atoms with E-state index in [1.807, 2.05) is 32.3 Å². The second-order valence-electron chi connectivity index (χ2n) is 4.33. The molecule has 0 amide bonds. The quantitative estimate of drug-likeness (QED) is 0.457. The van der Waals surface area contributed by atoms with Crippen molar-refractivity contribution in [1.29, 1.82) is 0 Å². The molecule has 0 spiro atoms. The topological polar surface area (TPSA) is 37.7 Å². The maximum Gasteiger partial charge on any atom is 0.138 e. The first-order valence-electron chi connectivity index (χ1n) is 6.32. The van der Waals surface area contributed by atoms with Gasteiger partial charge in [-0.2, -0.15) is 0 Å². The maximum atomic E-state index is 5.62. The Kier molecular flexibility index (Phi) is 5.28. The molecule has 1 rings (SSSR count). The zero-order chi connectivity index (χ0) is 13.6. The average molecular weight is 249 g/mol. The molecular weight excluding hydrogens is 226 g/mol. The number of hydrogen-bond acceptors (Lipinski definition) is 3. The molecule has 0 fully saturated rings. The molecule has 1 aromatic heterocycles. The molecule has 1 atom stereocenters. The predicted molar refractivity (Wildman–Crippen MR) is 74.8 cm³/mol. The second-order valence-corrected chi connectivity index (χ2v) is 4.33. The predicted octanol–water partition coefficient (Wildman–Crippen LogP) is 2.55. The summed E-state index contributed by atoms with van der Waals surface area (Å²) in [6, 6.07) is 3.94. The number of pyridine rings is 1. The molecule has 4 nitrogen and oxygen atoms in total. The third-order valence-corrected chi connectivity index (χ3v) is 3.35. The van der Waals surface area contributed by atoms with Crippen molar-refractivity contribution in [1.82, 2.24) is 9.88 Å². The van der Waals surface area contributed by atoms with E-state index in [4.69, 9.17) is 4.74 Å². The largest absolute Gasteiger partial charge is 0.359 e. The number of ether oxygens (including phenoxy) is 1. The lowest BCUT2D eigenvalue weighted by molar-refractivity contribution is -0.0805. The average Bonchev–Trinajstić information content (AvgIpc) is 2.44. The van der Waals surface area contributed by atoms with Gasteiger partial charge in [0.2, 0.25) is 0 Å². The standard InChI is InChI=1S/C14H23N3O/c1-6-14(3,18-5)17(4)13(16-7-2)12-9-8-10-15-11-12/h8-11H,6-7H2,1-5H3. The van der Waals surface area contributed by atoms with Gasteiger partial charge in [0.05, 0.1) is 0 Å². The normalized spacial score (nSPS) is 15.3. The van der Waals surface area contributed by atoms with Crippen molar-refractivity contribution in [3.8, 4) is 0 Å². The highest BCUT2D eigenvalue weighted by molar-refractivity contribution is 5.98. The molecule has 0 aliphatic rings. The zero-order valence-electron chi connectivity index (χ0n) is 12.0. The highest BCUT2D eigenvalue weighted by Gasteiger charge is 2.29. The van der Waals surface area contributed by atoms with Gasteiger partial charge >= 0.3 is 0 Å². The van der Waals surface area contributed by atoms with E-state index >= 15 is 0 Å². The molecular formula is C14H23N3O.